The highest BCUT2D eigenvalue weighted by molar-refractivity contribution is 6.19. The smallest absolute Gasteiger partial charge is 0.233 e. The molecule has 2 aliphatic rings. The van der Waals surface area contributed by atoms with Crippen molar-refractivity contribution in [3.05, 3.63) is 23.4 Å². The van der Waals surface area contributed by atoms with Gasteiger partial charge in [0.25, 0.3) is 0 Å². The van der Waals surface area contributed by atoms with E-state index in [0.29, 0.717) is 30.8 Å². The second-order valence-electron chi connectivity index (χ2n) is 8.57. The topological polar surface area (TPSA) is 73.4 Å². The van der Waals surface area contributed by atoms with Gasteiger partial charge in [0.05, 0.1) is 11.2 Å². The fourth-order valence-electron chi connectivity index (χ4n) is 5.24. The molecule has 1 aromatic heterocycles. The normalized spacial score (nSPS) is 29.6. The van der Waals surface area contributed by atoms with Crippen molar-refractivity contribution in [2.24, 2.45) is 10.8 Å². The minimum atomic E-state index is -0.548. The maximum atomic E-state index is 13.4. The van der Waals surface area contributed by atoms with Gasteiger partial charge in [0.15, 0.2) is 0 Å². The van der Waals surface area contributed by atoms with E-state index in [1.54, 1.807) is 11.0 Å². The molecule has 1 fully saturated rings. The third-order valence-corrected chi connectivity index (χ3v) is 7.01. The molecule has 1 saturated carbocycles. The van der Waals surface area contributed by atoms with E-state index >= 15 is 0 Å². The van der Waals surface area contributed by atoms with Crippen molar-refractivity contribution < 1.29 is 14.7 Å². The summed E-state index contributed by atoms with van der Waals surface area (Å²) in [7, 11) is 0. The molecule has 1 amide bonds. The van der Waals surface area contributed by atoms with Crippen molar-refractivity contribution in [2.45, 2.75) is 46.0 Å². The summed E-state index contributed by atoms with van der Waals surface area (Å²) in [6.07, 6.45) is 4.79. The number of nitrogens with zero attached hydrogens (tertiary/aromatic N) is 1. The first-order valence-electron chi connectivity index (χ1n) is 9.47. The lowest BCUT2D eigenvalue weighted by Crippen LogP contribution is -2.55. The lowest BCUT2D eigenvalue weighted by atomic mass is 9.52. The molecule has 6 heteroatoms. The van der Waals surface area contributed by atoms with Gasteiger partial charge in [0, 0.05) is 46.8 Å². The van der Waals surface area contributed by atoms with E-state index in [1.165, 1.54) is 0 Å². The molecule has 27 heavy (non-hydrogen) atoms. The van der Waals surface area contributed by atoms with Crippen molar-refractivity contribution in [3.8, 4) is 5.75 Å². The Bertz CT molecular complexity index is 943. The van der Waals surface area contributed by atoms with Gasteiger partial charge in [0.2, 0.25) is 5.91 Å². The third kappa shape index (κ3) is 2.44. The molecule has 0 bridgehead atoms. The van der Waals surface area contributed by atoms with Gasteiger partial charge in [-0.15, -0.1) is 11.6 Å². The van der Waals surface area contributed by atoms with Crippen molar-refractivity contribution in [1.29, 1.82) is 0 Å². The van der Waals surface area contributed by atoms with Gasteiger partial charge in [-0.3, -0.25) is 4.79 Å². The summed E-state index contributed by atoms with van der Waals surface area (Å²) in [6.45, 7) is 6.44. The van der Waals surface area contributed by atoms with Gasteiger partial charge in [-0.1, -0.05) is 13.8 Å². The number of aromatic nitrogens is 1. The Balaban J connectivity index is 1.77. The molecule has 0 saturated heterocycles. The quantitative estimate of drug-likeness (QED) is 0.607. The number of aromatic hydroxyl groups is 1. The number of carbonyl (C=O) groups excluding carboxylic acids is 2. The number of rotatable bonds is 4. The van der Waals surface area contributed by atoms with Crippen molar-refractivity contribution in [1.82, 2.24) is 4.98 Å². The number of H-pyrrole nitrogens is 1. The van der Waals surface area contributed by atoms with Crippen molar-refractivity contribution >= 4 is 40.4 Å². The summed E-state index contributed by atoms with van der Waals surface area (Å²) < 4.78 is 0. The summed E-state index contributed by atoms with van der Waals surface area (Å²) in [5.41, 5.74) is 2.58. The first kappa shape index (κ1) is 18.4. The third-order valence-electron chi connectivity index (χ3n) is 6.64. The zero-order valence-corrected chi connectivity index (χ0v) is 16.7. The lowest BCUT2D eigenvalue weighted by molar-refractivity contribution is -0.147. The Kier molecular flexibility index (Phi) is 4.08. The molecule has 1 aliphatic heterocycles. The number of aryl methyl sites for hydroxylation is 1. The zero-order valence-electron chi connectivity index (χ0n) is 15.9. The largest absolute Gasteiger partial charge is 0.506 e. The summed E-state index contributed by atoms with van der Waals surface area (Å²) >= 11 is 6.26. The van der Waals surface area contributed by atoms with Crippen LogP contribution in [-0.4, -0.2) is 34.7 Å². The average molecular weight is 389 g/mol. The zero-order chi connectivity index (χ0) is 19.6. The maximum Gasteiger partial charge on any atom is 0.233 e. The molecule has 5 nitrogen and oxygen atoms in total. The van der Waals surface area contributed by atoms with Crippen LogP contribution in [0, 0.1) is 17.8 Å². The molecule has 144 valence electrons. The fraction of sp³-hybridized carbons (Fsp3) is 0.524. The van der Waals surface area contributed by atoms with Crippen LogP contribution in [0.15, 0.2) is 12.3 Å². The first-order chi connectivity index (χ1) is 12.8. The van der Waals surface area contributed by atoms with Crippen molar-refractivity contribution in [2.75, 3.05) is 17.3 Å². The molecular formula is C21H25ClN2O3. The van der Waals surface area contributed by atoms with E-state index in [9.17, 15) is 14.7 Å². The Morgan fingerprint density at radius 1 is 1.48 bits per heavy atom. The minimum absolute atomic E-state index is 0.0221. The number of amides is 1. The standard InChI is InChI=1S/C21H25ClN2O3/c1-4-21(11-25)9-20(3,10-21)19(27)24-8-13(6-22)17-14(24)5-15(26)18-16(17)12(2)7-23-18/h5,7,11,13,23,26H,4,6,8-10H2,1-3H3/t13-,20?,21?/m1/s1. The van der Waals surface area contributed by atoms with E-state index in [4.69, 9.17) is 11.6 Å². The highest BCUT2D eigenvalue weighted by Crippen LogP contribution is 2.57. The van der Waals surface area contributed by atoms with E-state index in [2.05, 4.69) is 4.98 Å². The molecule has 2 aromatic rings. The van der Waals surface area contributed by atoms with Crippen LogP contribution in [0.3, 0.4) is 0 Å². The molecule has 1 atom stereocenters. The molecule has 2 N–H and O–H groups in total. The number of nitrogens with one attached hydrogen (secondary N) is 1. The number of anilines is 1. The first-order valence-corrected chi connectivity index (χ1v) is 10.0. The van der Waals surface area contributed by atoms with Gasteiger partial charge >= 0.3 is 0 Å². The molecule has 1 aromatic carbocycles. The van der Waals surface area contributed by atoms with E-state index < -0.39 is 5.41 Å². The maximum absolute atomic E-state index is 13.4. The molecule has 4 rings (SSSR count). The van der Waals surface area contributed by atoms with Crippen LogP contribution in [0.4, 0.5) is 5.69 Å². The van der Waals surface area contributed by atoms with Gasteiger partial charge in [-0.25, -0.2) is 0 Å². The molecule has 0 radical (unpaired) electrons. The number of aromatic amines is 1. The minimum Gasteiger partial charge on any atom is -0.506 e. The highest BCUT2D eigenvalue weighted by Gasteiger charge is 2.57. The van der Waals surface area contributed by atoms with Crippen LogP contribution in [0.25, 0.3) is 10.9 Å². The number of phenolic OH excluding ortho intramolecular Hbond substituents is 1. The van der Waals surface area contributed by atoms with E-state index in [-0.39, 0.29) is 23.0 Å². The summed E-state index contributed by atoms with van der Waals surface area (Å²) in [6, 6.07) is 1.67. The van der Waals surface area contributed by atoms with E-state index in [0.717, 1.165) is 34.9 Å². The van der Waals surface area contributed by atoms with Crippen LogP contribution < -0.4 is 4.90 Å². The van der Waals surface area contributed by atoms with Crippen LogP contribution in [0.2, 0.25) is 0 Å². The predicted octanol–water partition coefficient (Wildman–Crippen LogP) is 4.25. The Morgan fingerprint density at radius 2 is 2.19 bits per heavy atom. The number of alkyl halides is 1. The monoisotopic (exact) mass is 388 g/mol. The van der Waals surface area contributed by atoms with Gasteiger partial charge in [-0.2, -0.15) is 0 Å². The molecular weight excluding hydrogens is 364 g/mol. The number of benzene rings is 1. The second kappa shape index (κ2) is 5.99. The molecule has 0 unspecified atom stereocenters. The van der Waals surface area contributed by atoms with Crippen LogP contribution in [0.1, 0.15) is 50.2 Å². The van der Waals surface area contributed by atoms with Crippen LogP contribution in [-0.2, 0) is 9.59 Å². The summed E-state index contributed by atoms with van der Waals surface area (Å²) in [5.74, 6) is 0.591. The fourth-order valence-corrected chi connectivity index (χ4v) is 5.49. The predicted molar refractivity (Wildman–Crippen MR) is 107 cm³/mol. The highest BCUT2D eigenvalue weighted by atomic mass is 35.5. The number of hydrogen-bond donors (Lipinski definition) is 2. The number of phenols is 1. The van der Waals surface area contributed by atoms with Crippen LogP contribution in [0.5, 0.6) is 5.75 Å². The Morgan fingerprint density at radius 3 is 2.78 bits per heavy atom. The molecule has 0 spiro atoms. The Labute approximate surface area is 163 Å². The van der Waals surface area contributed by atoms with E-state index in [1.807, 2.05) is 27.0 Å². The number of hydrogen-bond acceptors (Lipinski definition) is 3. The number of carbonyl (C=O) groups is 2. The average Bonchev–Trinajstić information content (AvgIpc) is 3.19. The molecule has 1 aliphatic carbocycles. The number of aldehydes is 1. The molecule has 2 heterocycles. The Hall–Kier alpha value is -2.01. The van der Waals surface area contributed by atoms with Crippen molar-refractivity contribution in [3.63, 3.8) is 0 Å². The summed E-state index contributed by atoms with van der Waals surface area (Å²) in [4.78, 5) is 29.8. The SMILES string of the molecule is CCC1(C=O)CC(C)(C(=O)N2C[C@@H](CCl)c3c2cc(O)c2[nH]cc(C)c32)C1. The number of fused-ring (bicyclic) bond motifs is 3. The van der Waals surface area contributed by atoms with Crippen LogP contribution >= 0.6 is 11.6 Å². The van der Waals surface area contributed by atoms with Gasteiger partial charge < -0.3 is 19.8 Å². The lowest BCUT2D eigenvalue weighted by Gasteiger charge is -2.51. The summed E-state index contributed by atoms with van der Waals surface area (Å²) in [5, 5.41) is 11.5. The second-order valence-corrected chi connectivity index (χ2v) is 8.87. The van der Waals surface area contributed by atoms with Gasteiger partial charge in [0.1, 0.15) is 12.0 Å². The van der Waals surface area contributed by atoms with Gasteiger partial charge in [-0.05, 0) is 37.3 Å². The number of halogens is 1.